The van der Waals surface area contributed by atoms with Crippen LogP contribution in [-0.4, -0.2) is 53.7 Å². The van der Waals surface area contributed by atoms with E-state index in [2.05, 4.69) is 47.6 Å². The number of likely N-dealkylation sites (tertiary alicyclic amines) is 1. The van der Waals surface area contributed by atoms with E-state index in [4.69, 9.17) is 9.47 Å². The molecule has 3 aliphatic rings. The van der Waals surface area contributed by atoms with Gasteiger partial charge in [0.1, 0.15) is 6.10 Å². The number of fused-ring (bicyclic) bond motifs is 4. The van der Waals surface area contributed by atoms with Crippen LogP contribution in [0.25, 0.3) is 10.9 Å². The first-order chi connectivity index (χ1) is 18.3. The summed E-state index contributed by atoms with van der Waals surface area (Å²) in [4.78, 5) is 24.3. The van der Waals surface area contributed by atoms with Crippen molar-refractivity contribution in [1.82, 2.24) is 9.88 Å². The predicted molar refractivity (Wildman–Crippen MR) is 152 cm³/mol. The summed E-state index contributed by atoms with van der Waals surface area (Å²) in [5.41, 5.74) is 5.00. The van der Waals surface area contributed by atoms with Gasteiger partial charge in [0.05, 0.1) is 18.2 Å². The van der Waals surface area contributed by atoms with Crippen molar-refractivity contribution in [3.8, 4) is 11.5 Å². The molecule has 1 aliphatic heterocycles. The maximum Gasteiger partial charge on any atom is 0.195 e. The molecule has 1 aromatic heterocycles. The molecule has 6 heteroatoms. The van der Waals surface area contributed by atoms with Crippen LogP contribution in [0.5, 0.6) is 11.5 Å². The van der Waals surface area contributed by atoms with Gasteiger partial charge in [-0.15, -0.1) is 0 Å². The van der Waals surface area contributed by atoms with Crippen LogP contribution >= 0.6 is 0 Å². The zero-order valence-corrected chi connectivity index (χ0v) is 23.1. The van der Waals surface area contributed by atoms with Crippen LogP contribution in [0.1, 0.15) is 92.5 Å². The Labute approximate surface area is 225 Å². The first-order valence-electron chi connectivity index (χ1n) is 14.1. The van der Waals surface area contributed by atoms with Gasteiger partial charge in [0.25, 0.3) is 0 Å². The summed E-state index contributed by atoms with van der Waals surface area (Å²) in [7, 11) is 0. The van der Waals surface area contributed by atoms with Gasteiger partial charge in [-0.2, -0.15) is 0 Å². The highest BCUT2D eigenvalue weighted by Gasteiger charge is 2.41. The number of piperidine rings is 1. The minimum Gasteiger partial charge on any atom is -0.487 e. The average Bonchev–Trinajstić information content (AvgIpc) is 3.24. The number of ketones is 1. The third-order valence-electron chi connectivity index (χ3n) is 8.74. The van der Waals surface area contributed by atoms with Crippen molar-refractivity contribution in [3.63, 3.8) is 0 Å². The Hall–Kier alpha value is -3.12. The number of aliphatic imine (C=N–C) groups is 1. The van der Waals surface area contributed by atoms with E-state index >= 15 is 0 Å². The van der Waals surface area contributed by atoms with Gasteiger partial charge >= 0.3 is 0 Å². The summed E-state index contributed by atoms with van der Waals surface area (Å²) in [5.74, 6) is 1.44. The highest BCUT2D eigenvalue weighted by atomic mass is 16.5. The van der Waals surface area contributed by atoms with Gasteiger partial charge in [0.15, 0.2) is 17.3 Å². The molecule has 38 heavy (non-hydrogen) atoms. The van der Waals surface area contributed by atoms with Crippen molar-refractivity contribution < 1.29 is 14.3 Å². The van der Waals surface area contributed by atoms with E-state index < -0.39 is 5.41 Å². The number of nitrogens with zero attached hydrogens (tertiary/aromatic N) is 2. The highest BCUT2D eigenvalue weighted by Crippen LogP contribution is 2.47. The van der Waals surface area contributed by atoms with E-state index in [1.54, 1.807) is 0 Å². The number of aromatic amines is 1. The Kier molecular flexibility index (Phi) is 6.34. The minimum atomic E-state index is -0.406. The van der Waals surface area contributed by atoms with Crippen molar-refractivity contribution in [2.45, 2.75) is 90.0 Å². The molecule has 2 fully saturated rings. The quantitative estimate of drug-likeness (QED) is 0.370. The van der Waals surface area contributed by atoms with Crippen LogP contribution in [0.4, 0.5) is 0 Å². The van der Waals surface area contributed by atoms with Gasteiger partial charge in [-0.25, -0.2) is 0 Å². The van der Waals surface area contributed by atoms with Crippen LogP contribution in [0.15, 0.2) is 35.3 Å². The Bertz CT molecular complexity index is 1390. The Morgan fingerprint density at radius 2 is 1.87 bits per heavy atom. The average molecular weight is 514 g/mol. The number of hydrogen-bond acceptors (Lipinski definition) is 5. The summed E-state index contributed by atoms with van der Waals surface area (Å²) in [6, 6.07) is 10.9. The summed E-state index contributed by atoms with van der Waals surface area (Å²) in [6.45, 7) is 14.7. The van der Waals surface area contributed by atoms with Gasteiger partial charge in [-0.1, -0.05) is 32.4 Å². The maximum absolute atomic E-state index is 14.0. The number of ether oxygens (including phenoxy) is 2. The van der Waals surface area contributed by atoms with E-state index in [0.717, 1.165) is 71.0 Å². The van der Waals surface area contributed by atoms with Crippen LogP contribution < -0.4 is 9.47 Å². The zero-order chi connectivity index (χ0) is 26.6. The number of nitrogens with one attached hydrogen (secondary N) is 1. The van der Waals surface area contributed by atoms with Gasteiger partial charge in [0.2, 0.25) is 0 Å². The molecule has 6 rings (SSSR count). The van der Waals surface area contributed by atoms with Crippen molar-refractivity contribution in [1.29, 1.82) is 0 Å². The van der Waals surface area contributed by atoms with Crippen molar-refractivity contribution >= 4 is 23.4 Å². The second-order valence-corrected chi connectivity index (χ2v) is 12.0. The lowest BCUT2D eigenvalue weighted by molar-refractivity contribution is 0.0473. The normalized spacial score (nSPS) is 19.8. The number of benzene rings is 2. The van der Waals surface area contributed by atoms with Crippen molar-refractivity contribution in [2.75, 3.05) is 13.1 Å². The maximum atomic E-state index is 14.0. The fourth-order valence-electron chi connectivity index (χ4n) is 6.44. The Balaban J connectivity index is 1.36. The summed E-state index contributed by atoms with van der Waals surface area (Å²) in [5, 5.41) is 0.946. The topological polar surface area (TPSA) is 66.9 Å². The molecule has 0 unspecified atom stereocenters. The Morgan fingerprint density at radius 3 is 2.53 bits per heavy atom. The summed E-state index contributed by atoms with van der Waals surface area (Å²) >= 11 is 0. The first kappa shape index (κ1) is 25.2. The minimum absolute atomic E-state index is 0.0249. The molecule has 0 bridgehead atoms. The fourth-order valence-corrected chi connectivity index (χ4v) is 6.44. The third kappa shape index (κ3) is 4.23. The molecule has 2 aromatic carbocycles. The lowest BCUT2D eigenvalue weighted by atomic mass is 9.71. The molecule has 1 N–H and O–H groups in total. The van der Waals surface area contributed by atoms with Crippen LogP contribution in [0, 0.1) is 0 Å². The number of aromatic nitrogens is 1. The summed E-state index contributed by atoms with van der Waals surface area (Å²) in [6.07, 6.45) is 6.22. The lowest BCUT2D eigenvalue weighted by Gasteiger charge is -2.41. The highest BCUT2D eigenvalue weighted by molar-refractivity contribution is 6.20. The fraction of sp³-hybridized carbons (Fsp3) is 0.500. The molecule has 6 nitrogen and oxygen atoms in total. The molecule has 0 amide bonds. The van der Waals surface area contributed by atoms with Crippen molar-refractivity contribution in [2.24, 2.45) is 4.99 Å². The van der Waals surface area contributed by atoms with Gasteiger partial charge in [-0.3, -0.25) is 9.79 Å². The van der Waals surface area contributed by atoms with E-state index in [9.17, 15) is 4.79 Å². The Morgan fingerprint density at radius 1 is 1.11 bits per heavy atom. The number of carbonyl (C=O) groups is 1. The van der Waals surface area contributed by atoms with E-state index in [1.165, 1.54) is 19.3 Å². The van der Waals surface area contributed by atoms with Crippen LogP contribution in [0.2, 0.25) is 0 Å². The lowest BCUT2D eigenvalue weighted by Crippen LogP contribution is -2.46. The molecular formula is C32H39N3O3. The van der Waals surface area contributed by atoms with Gasteiger partial charge in [0, 0.05) is 46.7 Å². The number of rotatable bonds is 7. The second-order valence-electron chi connectivity index (χ2n) is 12.0. The molecule has 2 heterocycles. The number of H-pyrrole nitrogens is 1. The molecule has 1 saturated heterocycles. The monoisotopic (exact) mass is 513 g/mol. The predicted octanol–water partition coefficient (Wildman–Crippen LogP) is 6.42. The first-order valence-corrected chi connectivity index (χ1v) is 14.1. The van der Waals surface area contributed by atoms with E-state index in [-0.39, 0.29) is 18.0 Å². The zero-order valence-electron chi connectivity index (χ0n) is 23.1. The SMILES string of the molecule is C=NCc1ccc2c3c([nH]c2c1)C(C)(C)c1cc(OC2CCN(C4CCC4)CC2)c(OC(C)C)cc1C3=O. The van der Waals surface area contributed by atoms with Crippen molar-refractivity contribution in [3.05, 3.63) is 58.3 Å². The molecule has 0 radical (unpaired) electrons. The molecule has 2 aliphatic carbocycles. The molecule has 0 atom stereocenters. The molecule has 3 aromatic rings. The molecule has 200 valence electrons. The number of hydrogen-bond donors (Lipinski definition) is 1. The molecular weight excluding hydrogens is 474 g/mol. The van der Waals surface area contributed by atoms with Crippen LogP contribution in [-0.2, 0) is 12.0 Å². The largest absolute Gasteiger partial charge is 0.487 e. The third-order valence-corrected chi connectivity index (χ3v) is 8.74. The second kappa shape index (κ2) is 9.57. The van der Waals surface area contributed by atoms with E-state index in [0.29, 0.717) is 17.9 Å². The standard InChI is InChI=1S/C32H39N3O3/c1-19(2)37-27-16-24-25(17-28(27)38-22-11-13-35(14-12-22)21-7-6-8-21)32(3,4)31-29(30(24)36)23-10-9-20(18-33-5)15-26(23)34-31/h9-10,15-17,19,21-22,34H,5-8,11-14,18H2,1-4H3. The molecule has 0 spiro atoms. The van der Waals surface area contributed by atoms with Crippen LogP contribution in [0.3, 0.4) is 0 Å². The summed E-state index contributed by atoms with van der Waals surface area (Å²) < 4.78 is 12.9. The van der Waals surface area contributed by atoms with E-state index in [1.807, 2.05) is 32.0 Å². The molecule has 1 saturated carbocycles. The number of carbonyl (C=O) groups excluding carboxylic acids is 1. The van der Waals surface area contributed by atoms with Gasteiger partial charge in [-0.05, 0) is 75.6 Å². The smallest absolute Gasteiger partial charge is 0.195 e. The van der Waals surface area contributed by atoms with Gasteiger partial charge < -0.3 is 19.4 Å².